The number of hydrogen-bond acceptors (Lipinski definition) is 4. The maximum atomic E-state index is 12.4. The van der Waals surface area contributed by atoms with Gasteiger partial charge in [-0.25, -0.2) is 0 Å². The topological polar surface area (TPSA) is 70.7 Å². The molecule has 3 rings (SSSR count). The van der Waals surface area contributed by atoms with Crippen LogP contribution in [0.25, 0.3) is 0 Å². The summed E-state index contributed by atoms with van der Waals surface area (Å²) in [4.78, 5) is 26.1. The van der Waals surface area contributed by atoms with Gasteiger partial charge in [-0.3, -0.25) is 9.59 Å². The van der Waals surface area contributed by atoms with E-state index in [1.165, 1.54) is 6.42 Å². The highest BCUT2D eigenvalue weighted by Crippen LogP contribution is 2.28. The van der Waals surface area contributed by atoms with Gasteiger partial charge in [0.1, 0.15) is 5.75 Å². The van der Waals surface area contributed by atoms with Gasteiger partial charge in [-0.15, -0.1) is 0 Å². The Morgan fingerprint density at radius 1 is 1.39 bits per heavy atom. The van der Waals surface area contributed by atoms with Crippen LogP contribution in [0.4, 0.5) is 5.69 Å². The zero-order valence-electron chi connectivity index (χ0n) is 13.4. The van der Waals surface area contributed by atoms with Crippen LogP contribution in [0.2, 0.25) is 0 Å². The van der Waals surface area contributed by atoms with Crippen molar-refractivity contribution < 1.29 is 14.3 Å². The Bertz CT molecular complexity index is 595. The van der Waals surface area contributed by atoms with Crippen molar-refractivity contribution in [1.29, 1.82) is 0 Å². The Balaban J connectivity index is 1.58. The predicted octanol–water partition coefficient (Wildman–Crippen LogP) is 1.62. The molecule has 2 N–H and O–H groups in total. The summed E-state index contributed by atoms with van der Waals surface area (Å²) in [6.45, 7) is 5.40. The second kappa shape index (κ2) is 7.00. The highest BCUT2D eigenvalue weighted by atomic mass is 16.5. The van der Waals surface area contributed by atoms with Crippen LogP contribution in [0.3, 0.4) is 0 Å². The minimum Gasteiger partial charge on any atom is -0.482 e. The quantitative estimate of drug-likeness (QED) is 0.885. The number of piperidine rings is 1. The molecule has 2 heterocycles. The molecular weight excluding hydrogens is 294 g/mol. The van der Waals surface area contributed by atoms with Gasteiger partial charge in [-0.1, -0.05) is 6.92 Å². The highest BCUT2D eigenvalue weighted by molar-refractivity contribution is 5.99. The Hall–Kier alpha value is -2.08. The number of hydrogen-bond donors (Lipinski definition) is 2. The largest absolute Gasteiger partial charge is 0.482 e. The van der Waals surface area contributed by atoms with Gasteiger partial charge in [0.25, 0.3) is 11.8 Å². The molecule has 2 amide bonds. The van der Waals surface area contributed by atoms with E-state index in [-0.39, 0.29) is 24.5 Å². The number of carbonyl (C=O) groups is 2. The summed E-state index contributed by atoms with van der Waals surface area (Å²) in [5.41, 5.74) is 1.18. The summed E-state index contributed by atoms with van der Waals surface area (Å²) in [5.74, 6) is 0.297. The number of carbonyl (C=O) groups excluding carboxylic acids is 2. The average molecular weight is 317 g/mol. The zero-order valence-corrected chi connectivity index (χ0v) is 13.4. The second-order valence-electron chi connectivity index (χ2n) is 6.14. The molecule has 0 bridgehead atoms. The first kappa shape index (κ1) is 15.8. The number of amides is 2. The van der Waals surface area contributed by atoms with Crippen molar-refractivity contribution in [2.75, 3.05) is 31.6 Å². The van der Waals surface area contributed by atoms with E-state index in [4.69, 9.17) is 4.74 Å². The number of anilines is 1. The van der Waals surface area contributed by atoms with Gasteiger partial charge in [0.15, 0.2) is 6.61 Å². The summed E-state index contributed by atoms with van der Waals surface area (Å²) in [7, 11) is 0. The zero-order chi connectivity index (χ0) is 16.2. The molecule has 1 fully saturated rings. The summed E-state index contributed by atoms with van der Waals surface area (Å²) < 4.78 is 5.36. The number of rotatable bonds is 4. The fourth-order valence-electron chi connectivity index (χ4n) is 3.10. The molecule has 0 spiro atoms. The van der Waals surface area contributed by atoms with Gasteiger partial charge in [0, 0.05) is 24.7 Å². The lowest BCUT2D eigenvalue weighted by Crippen LogP contribution is -2.44. The Morgan fingerprint density at radius 2 is 2.17 bits per heavy atom. The first-order chi connectivity index (χ1) is 11.2. The van der Waals surface area contributed by atoms with Crippen LogP contribution in [0.5, 0.6) is 5.75 Å². The van der Waals surface area contributed by atoms with E-state index in [0.717, 1.165) is 32.5 Å². The molecule has 0 radical (unpaired) electrons. The van der Waals surface area contributed by atoms with Crippen molar-refractivity contribution >= 4 is 17.5 Å². The van der Waals surface area contributed by atoms with Crippen LogP contribution in [-0.2, 0) is 4.79 Å². The average Bonchev–Trinajstić information content (AvgIpc) is 2.56. The molecular formula is C17H23N3O3. The van der Waals surface area contributed by atoms with E-state index in [1.807, 2.05) is 0 Å². The number of nitrogens with zero attached hydrogens (tertiary/aromatic N) is 1. The van der Waals surface area contributed by atoms with Crippen molar-refractivity contribution in [3.63, 3.8) is 0 Å². The monoisotopic (exact) mass is 317 g/mol. The molecule has 0 atom stereocenters. The molecule has 1 saturated heterocycles. The normalized spacial score (nSPS) is 18.7. The van der Waals surface area contributed by atoms with E-state index in [9.17, 15) is 9.59 Å². The third-order valence-corrected chi connectivity index (χ3v) is 4.34. The molecule has 124 valence electrons. The van der Waals surface area contributed by atoms with Crippen LogP contribution in [0.1, 0.15) is 36.5 Å². The molecule has 1 aromatic carbocycles. The van der Waals surface area contributed by atoms with Crippen LogP contribution < -0.4 is 15.4 Å². The molecule has 23 heavy (non-hydrogen) atoms. The molecule has 6 heteroatoms. The van der Waals surface area contributed by atoms with Crippen molar-refractivity contribution in [3.05, 3.63) is 23.8 Å². The fourth-order valence-corrected chi connectivity index (χ4v) is 3.10. The van der Waals surface area contributed by atoms with Crippen LogP contribution in [-0.4, -0.2) is 49.0 Å². The van der Waals surface area contributed by atoms with E-state index in [2.05, 4.69) is 22.5 Å². The lowest BCUT2D eigenvalue weighted by Gasteiger charge is -2.32. The molecule has 0 unspecified atom stereocenters. The molecule has 0 saturated carbocycles. The van der Waals surface area contributed by atoms with E-state index < -0.39 is 0 Å². The minimum atomic E-state index is -0.173. The fraction of sp³-hybridized carbons (Fsp3) is 0.529. The summed E-state index contributed by atoms with van der Waals surface area (Å²) in [5, 5.41) is 5.83. The highest BCUT2D eigenvalue weighted by Gasteiger charge is 2.22. The first-order valence-corrected chi connectivity index (χ1v) is 8.25. The van der Waals surface area contributed by atoms with Gasteiger partial charge in [-0.2, -0.15) is 0 Å². The number of benzene rings is 1. The van der Waals surface area contributed by atoms with Crippen molar-refractivity contribution in [2.24, 2.45) is 0 Å². The van der Waals surface area contributed by atoms with Gasteiger partial charge in [0.05, 0.1) is 5.69 Å². The molecule has 2 aliphatic rings. The van der Waals surface area contributed by atoms with Gasteiger partial charge in [0.2, 0.25) is 0 Å². The lowest BCUT2D eigenvalue weighted by molar-refractivity contribution is -0.118. The first-order valence-electron chi connectivity index (χ1n) is 8.25. The Morgan fingerprint density at radius 3 is 2.91 bits per heavy atom. The molecule has 1 aromatic rings. The third-order valence-electron chi connectivity index (χ3n) is 4.34. The third kappa shape index (κ3) is 3.82. The maximum absolute atomic E-state index is 12.4. The molecule has 0 aromatic heterocycles. The SMILES string of the molecule is CCCN1CCC(NC(=O)c2ccc3c(c2)OCC(=O)N3)CC1. The van der Waals surface area contributed by atoms with Crippen LogP contribution >= 0.6 is 0 Å². The summed E-state index contributed by atoms with van der Waals surface area (Å²) in [6, 6.07) is 5.35. The summed E-state index contributed by atoms with van der Waals surface area (Å²) in [6.07, 6.45) is 3.15. The van der Waals surface area contributed by atoms with Crippen molar-refractivity contribution in [3.8, 4) is 5.75 Å². The van der Waals surface area contributed by atoms with E-state index >= 15 is 0 Å². The number of nitrogens with one attached hydrogen (secondary N) is 2. The van der Waals surface area contributed by atoms with Gasteiger partial charge >= 0.3 is 0 Å². The van der Waals surface area contributed by atoms with Crippen molar-refractivity contribution in [2.45, 2.75) is 32.2 Å². The maximum Gasteiger partial charge on any atom is 0.262 e. The van der Waals surface area contributed by atoms with E-state index in [0.29, 0.717) is 17.0 Å². The second-order valence-corrected chi connectivity index (χ2v) is 6.14. The number of fused-ring (bicyclic) bond motifs is 1. The molecule has 2 aliphatic heterocycles. The van der Waals surface area contributed by atoms with E-state index in [1.54, 1.807) is 18.2 Å². The van der Waals surface area contributed by atoms with Crippen LogP contribution in [0, 0.1) is 0 Å². The van der Waals surface area contributed by atoms with Crippen molar-refractivity contribution in [1.82, 2.24) is 10.2 Å². The molecule has 6 nitrogen and oxygen atoms in total. The standard InChI is InChI=1S/C17H23N3O3/c1-2-7-20-8-5-13(6-9-20)18-17(22)12-3-4-14-15(10-12)23-11-16(21)19-14/h3-4,10,13H,2,5-9,11H2,1H3,(H,18,22)(H,19,21). The number of likely N-dealkylation sites (tertiary alicyclic amines) is 1. The van der Waals surface area contributed by atoms with Crippen LogP contribution in [0.15, 0.2) is 18.2 Å². The number of ether oxygens (including phenoxy) is 1. The molecule has 0 aliphatic carbocycles. The predicted molar refractivity (Wildman–Crippen MR) is 87.8 cm³/mol. The van der Waals surface area contributed by atoms with Gasteiger partial charge < -0.3 is 20.3 Å². The Kier molecular flexibility index (Phi) is 4.81. The minimum absolute atomic E-state index is 0.00599. The summed E-state index contributed by atoms with van der Waals surface area (Å²) >= 11 is 0. The Labute approximate surface area is 136 Å². The smallest absolute Gasteiger partial charge is 0.262 e. The van der Waals surface area contributed by atoms with Gasteiger partial charge in [-0.05, 0) is 44.0 Å². The lowest BCUT2D eigenvalue weighted by atomic mass is 10.0.